The lowest BCUT2D eigenvalue weighted by atomic mass is 9.83. The van der Waals surface area contributed by atoms with E-state index >= 15 is 0 Å². The Morgan fingerprint density at radius 3 is 2.88 bits per heavy atom. The van der Waals surface area contributed by atoms with E-state index in [-0.39, 0.29) is 0 Å². The molecule has 0 saturated heterocycles. The maximum Gasteiger partial charge on any atom is 0.306 e. The Labute approximate surface area is 141 Å². The van der Waals surface area contributed by atoms with E-state index in [1.54, 1.807) is 6.33 Å². The fourth-order valence-electron chi connectivity index (χ4n) is 3.24. The zero-order valence-corrected chi connectivity index (χ0v) is 14.1. The molecular formula is C16H27N5O3. The van der Waals surface area contributed by atoms with Crippen LogP contribution in [0.5, 0.6) is 0 Å². The van der Waals surface area contributed by atoms with Gasteiger partial charge in [0.25, 0.3) is 0 Å². The minimum atomic E-state index is -0.817. The summed E-state index contributed by atoms with van der Waals surface area (Å²) in [4.78, 5) is 15.8. The quantitative estimate of drug-likeness (QED) is 0.290. The van der Waals surface area contributed by atoms with Gasteiger partial charge in [0.1, 0.15) is 0 Å². The van der Waals surface area contributed by atoms with Crippen molar-refractivity contribution in [2.45, 2.75) is 63.5 Å². The van der Waals surface area contributed by atoms with Gasteiger partial charge in [0.05, 0.1) is 30.1 Å². The smallest absolute Gasteiger partial charge is 0.306 e. The molecule has 8 nitrogen and oxygen atoms in total. The van der Waals surface area contributed by atoms with Crippen LogP contribution in [0.3, 0.4) is 0 Å². The second kappa shape index (κ2) is 8.23. The zero-order valence-electron chi connectivity index (χ0n) is 14.1. The first-order chi connectivity index (χ1) is 11.4. The number of aliphatic hydroxyl groups is 1. The van der Waals surface area contributed by atoms with Crippen molar-refractivity contribution in [3.63, 3.8) is 0 Å². The summed E-state index contributed by atoms with van der Waals surface area (Å²) in [6.07, 6.45) is 8.67. The van der Waals surface area contributed by atoms with Gasteiger partial charge in [0.2, 0.25) is 0 Å². The maximum absolute atomic E-state index is 11.4. The number of carboxylic acids is 1. The molecular weight excluding hydrogens is 310 g/mol. The predicted molar refractivity (Wildman–Crippen MR) is 88.3 cm³/mol. The molecule has 134 valence electrons. The van der Waals surface area contributed by atoms with E-state index in [1.807, 2.05) is 13.1 Å². The molecule has 0 amide bonds. The lowest BCUT2D eigenvalue weighted by Crippen LogP contribution is -2.31. The molecule has 4 N–H and O–H groups in total. The van der Waals surface area contributed by atoms with Crippen LogP contribution in [0.1, 0.15) is 57.2 Å². The molecule has 1 unspecified atom stereocenters. The average molecular weight is 337 g/mol. The van der Waals surface area contributed by atoms with Gasteiger partial charge in [-0.15, -0.1) is 0 Å². The Morgan fingerprint density at radius 1 is 1.54 bits per heavy atom. The summed E-state index contributed by atoms with van der Waals surface area (Å²) < 4.78 is 2.06. The van der Waals surface area contributed by atoms with Gasteiger partial charge in [-0.2, -0.15) is 5.11 Å². The Balaban J connectivity index is 1.90. The normalized spacial score (nSPS) is 25.8. The van der Waals surface area contributed by atoms with Gasteiger partial charge in [0, 0.05) is 18.7 Å². The van der Waals surface area contributed by atoms with Gasteiger partial charge < -0.3 is 20.6 Å². The van der Waals surface area contributed by atoms with Crippen LogP contribution in [-0.2, 0) is 11.2 Å². The Kier molecular flexibility index (Phi) is 6.30. The summed E-state index contributed by atoms with van der Waals surface area (Å²) in [5.41, 5.74) is 0.232. The van der Waals surface area contributed by atoms with Crippen LogP contribution in [0.15, 0.2) is 22.9 Å². The molecule has 0 aliphatic heterocycles. The van der Waals surface area contributed by atoms with E-state index in [0.717, 1.165) is 31.4 Å². The number of imidazole rings is 1. The number of nitrogens with two attached hydrogens (primary N) is 1. The predicted octanol–water partition coefficient (Wildman–Crippen LogP) is 2.10. The first-order valence-corrected chi connectivity index (χ1v) is 8.45. The highest BCUT2D eigenvalue weighted by Gasteiger charge is 2.29. The molecule has 0 bridgehead atoms. The highest BCUT2D eigenvalue weighted by atomic mass is 16.4. The molecule has 1 saturated carbocycles. The molecule has 0 aromatic carbocycles. The minimum absolute atomic E-state index is 0.333. The van der Waals surface area contributed by atoms with Crippen molar-refractivity contribution in [1.82, 2.24) is 9.55 Å². The third-order valence-electron chi connectivity index (χ3n) is 4.81. The van der Waals surface area contributed by atoms with Crippen LogP contribution in [0.25, 0.3) is 0 Å². The molecule has 24 heavy (non-hydrogen) atoms. The Hall–Kier alpha value is -1.96. The monoisotopic (exact) mass is 337 g/mol. The van der Waals surface area contributed by atoms with Gasteiger partial charge in [0.15, 0.2) is 0 Å². The Morgan fingerprint density at radius 2 is 2.25 bits per heavy atom. The molecule has 8 heteroatoms. The number of carboxylic acid groups (broad SMARTS) is 1. The van der Waals surface area contributed by atoms with E-state index in [2.05, 4.69) is 19.9 Å². The van der Waals surface area contributed by atoms with Crippen LogP contribution in [0.4, 0.5) is 0 Å². The van der Waals surface area contributed by atoms with Crippen LogP contribution in [0.2, 0.25) is 0 Å². The molecule has 1 aliphatic carbocycles. The van der Waals surface area contributed by atoms with Crippen molar-refractivity contribution in [1.29, 1.82) is 0 Å². The van der Waals surface area contributed by atoms with Crippen molar-refractivity contribution in [2.75, 3.05) is 6.54 Å². The summed E-state index contributed by atoms with van der Waals surface area (Å²) in [5.74, 6) is 3.64. The van der Waals surface area contributed by atoms with Gasteiger partial charge in [-0.25, -0.2) is 4.98 Å². The molecule has 0 radical (unpaired) electrons. The van der Waals surface area contributed by atoms with Crippen molar-refractivity contribution < 1.29 is 15.0 Å². The fraction of sp³-hybridized carbons (Fsp3) is 0.750. The van der Waals surface area contributed by atoms with Crippen molar-refractivity contribution in [3.8, 4) is 0 Å². The highest BCUT2D eigenvalue weighted by molar-refractivity contribution is 5.70. The summed E-state index contributed by atoms with van der Waals surface area (Å²) in [6.45, 7) is 2.32. The Bertz CT molecular complexity index is 560. The second-order valence-electron chi connectivity index (χ2n) is 6.90. The van der Waals surface area contributed by atoms with E-state index in [4.69, 9.17) is 5.84 Å². The summed E-state index contributed by atoms with van der Waals surface area (Å²) in [5, 5.41) is 26.2. The van der Waals surface area contributed by atoms with E-state index in [1.165, 1.54) is 0 Å². The van der Waals surface area contributed by atoms with Crippen molar-refractivity contribution >= 4 is 5.97 Å². The largest absolute Gasteiger partial charge is 0.481 e. The number of aromatic nitrogens is 2. The number of rotatable bonds is 8. The van der Waals surface area contributed by atoms with Crippen LogP contribution in [0, 0.1) is 5.92 Å². The lowest BCUT2D eigenvalue weighted by molar-refractivity contribution is -0.142. The number of aliphatic carboxylic acids is 1. The highest BCUT2D eigenvalue weighted by Crippen LogP contribution is 2.34. The molecule has 1 fully saturated rings. The molecule has 0 spiro atoms. The standard InChI is InChI=1S/C16H27N5O3/c1-16(24)6-4-14(5-7-16)21-10-13(18-11-21)9-12(15(22)23)3-2-8-19-20-17/h10-12,14,24H,2-9H2,1H3,(H2,17,19)(H,22,23). The topological polar surface area (TPSA) is 126 Å². The van der Waals surface area contributed by atoms with Gasteiger partial charge in [-0.3, -0.25) is 4.79 Å². The summed E-state index contributed by atoms with van der Waals surface area (Å²) in [7, 11) is 0. The van der Waals surface area contributed by atoms with Crippen molar-refractivity contribution in [3.05, 3.63) is 18.2 Å². The number of hydrogen-bond acceptors (Lipinski definition) is 5. The maximum atomic E-state index is 11.4. The average Bonchev–Trinajstić information content (AvgIpc) is 2.98. The minimum Gasteiger partial charge on any atom is -0.481 e. The number of hydrogen-bond donors (Lipinski definition) is 3. The molecule has 2 rings (SSSR count). The third kappa shape index (κ3) is 5.30. The third-order valence-corrected chi connectivity index (χ3v) is 4.81. The molecule has 1 heterocycles. The van der Waals surface area contributed by atoms with E-state index < -0.39 is 17.5 Å². The van der Waals surface area contributed by atoms with E-state index in [9.17, 15) is 15.0 Å². The van der Waals surface area contributed by atoms with Crippen LogP contribution in [-0.4, -0.2) is 37.9 Å². The summed E-state index contributed by atoms with van der Waals surface area (Å²) in [6, 6.07) is 0.333. The first kappa shape index (κ1) is 18.4. The van der Waals surface area contributed by atoms with Crippen LogP contribution >= 0.6 is 0 Å². The molecule has 1 aromatic rings. The number of carbonyl (C=O) groups is 1. The SMILES string of the molecule is CC1(O)CCC(n2cnc(CC(CCCN=NN)C(=O)O)c2)CC1. The number of nitrogens with zero attached hydrogens (tertiary/aromatic N) is 4. The molecule has 1 aromatic heterocycles. The first-order valence-electron chi connectivity index (χ1n) is 8.45. The molecule has 1 aliphatic rings. The van der Waals surface area contributed by atoms with E-state index in [0.29, 0.717) is 31.8 Å². The molecule has 1 atom stereocenters. The van der Waals surface area contributed by atoms with Gasteiger partial charge in [-0.05, 0) is 45.4 Å². The lowest BCUT2D eigenvalue weighted by Gasteiger charge is -2.33. The van der Waals surface area contributed by atoms with Gasteiger partial charge >= 0.3 is 5.97 Å². The van der Waals surface area contributed by atoms with Crippen LogP contribution < -0.4 is 5.84 Å². The van der Waals surface area contributed by atoms with Gasteiger partial charge in [-0.1, -0.05) is 5.22 Å². The zero-order chi connectivity index (χ0) is 17.6. The van der Waals surface area contributed by atoms with Crippen molar-refractivity contribution in [2.24, 2.45) is 22.1 Å². The summed E-state index contributed by atoms with van der Waals surface area (Å²) >= 11 is 0. The second-order valence-corrected chi connectivity index (χ2v) is 6.90. The fourth-order valence-corrected chi connectivity index (χ4v) is 3.24.